The van der Waals surface area contributed by atoms with E-state index in [0.29, 0.717) is 0 Å². The Morgan fingerprint density at radius 2 is 1.76 bits per heavy atom. The van der Waals surface area contributed by atoms with Crippen LogP contribution in [-0.4, -0.2) is 35.7 Å². The van der Waals surface area contributed by atoms with Gasteiger partial charge in [0.25, 0.3) is 0 Å². The first kappa shape index (κ1) is 20.4. The van der Waals surface area contributed by atoms with Crippen LogP contribution in [0.4, 0.5) is 5.69 Å². The van der Waals surface area contributed by atoms with Gasteiger partial charge in [0.1, 0.15) is 11.2 Å². The number of fused-ring (bicyclic) bond motifs is 1. The summed E-state index contributed by atoms with van der Waals surface area (Å²) < 4.78 is 12.0. The van der Waals surface area contributed by atoms with Crippen LogP contribution in [0.3, 0.4) is 0 Å². The molecule has 0 amide bonds. The Bertz CT molecular complexity index is 1070. The standard InChI is InChI=1S/C22H25N3O4/c1-13(2)25-12-23-18-17(25)11-14(3)15(4)19(18)24-10-8-7-9-16(21(26)28-5)20(24)22(27)29-6/h7-13H,1-6H3. The normalized spacial score (nSPS) is 14.0. The number of ether oxygens (including phenoxy) is 2. The molecule has 0 spiro atoms. The number of hydrogen-bond donors (Lipinski definition) is 0. The van der Waals surface area contributed by atoms with Crippen LogP contribution in [0.15, 0.2) is 48.1 Å². The van der Waals surface area contributed by atoms with Crippen LogP contribution < -0.4 is 4.90 Å². The molecule has 2 aromatic rings. The van der Waals surface area contributed by atoms with Gasteiger partial charge < -0.3 is 18.9 Å². The molecule has 0 fully saturated rings. The molecule has 1 aliphatic heterocycles. The number of carbonyl (C=O) groups excluding carboxylic acids is 2. The quantitative estimate of drug-likeness (QED) is 0.735. The Balaban J connectivity index is 2.38. The van der Waals surface area contributed by atoms with Gasteiger partial charge in [0, 0.05) is 12.2 Å². The number of allylic oxidation sites excluding steroid dienone is 2. The predicted octanol–water partition coefficient (Wildman–Crippen LogP) is 3.72. The van der Waals surface area contributed by atoms with Crippen molar-refractivity contribution in [1.82, 2.24) is 9.55 Å². The number of carbonyl (C=O) groups is 2. The van der Waals surface area contributed by atoms with E-state index in [2.05, 4.69) is 29.5 Å². The minimum Gasteiger partial charge on any atom is -0.465 e. The van der Waals surface area contributed by atoms with Crippen molar-refractivity contribution in [2.24, 2.45) is 0 Å². The summed E-state index contributed by atoms with van der Waals surface area (Å²) in [6, 6.07) is 2.31. The first-order chi connectivity index (χ1) is 13.8. The Labute approximate surface area is 169 Å². The average molecular weight is 395 g/mol. The summed E-state index contributed by atoms with van der Waals surface area (Å²) in [5.74, 6) is -1.26. The van der Waals surface area contributed by atoms with Gasteiger partial charge in [-0.15, -0.1) is 0 Å². The minimum absolute atomic E-state index is 0.0819. The van der Waals surface area contributed by atoms with Crippen molar-refractivity contribution in [2.75, 3.05) is 19.1 Å². The fraction of sp³-hybridized carbons (Fsp3) is 0.318. The third-order valence-corrected chi connectivity index (χ3v) is 5.04. The number of benzene rings is 1. The van der Waals surface area contributed by atoms with Crippen molar-refractivity contribution >= 4 is 28.7 Å². The topological polar surface area (TPSA) is 73.7 Å². The number of aryl methyl sites for hydroxylation is 1. The fourth-order valence-electron chi connectivity index (χ4n) is 3.42. The highest BCUT2D eigenvalue weighted by Crippen LogP contribution is 2.37. The molecule has 0 saturated heterocycles. The summed E-state index contributed by atoms with van der Waals surface area (Å²) in [4.78, 5) is 31.5. The lowest BCUT2D eigenvalue weighted by Crippen LogP contribution is -2.27. The van der Waals surface area contributed by atoms with Gasteiger partial charge >= 0.3 is 11.9 Å². The number of hydrogen-bond acceptors (Lipinski definition) is 6. The molecule has 2 heterocycles. The molecule has 0 radical (unpaired) electrons. The second kappa shape index (κ2) is 7.95. The Kier molecular flexibility index (Phi) is 5.59. The smallest absolute Gasteiger partial charge is 0.355 e. The summed E-state index contributed by atoms with van der Waals surface area (Å²) in [6.45, 7) is 8.15. The van der Waals surface area contributed by atoms with Crippen LogP contribution in [0.25, 0.3) is 11.0 Å². The van der Waals surface area contributed by atoms with Gasteiger partial charge in [0.2, 0.25) is 0 Å². The van der Waals surface area contributed by atoms with E-state index in [0.717, 1.165) is 27.8 Å². The highest BCUT2D eigenvalue weighted by molar-refractivity contribution is 6.07. The molecule has 0 N–H and O–H groups in total. The molecule has 7 nitrogen and oxygen atoms in total. The van der Waals surface area contributed by atoms with E-state index in [1.807, 2.05) is 13.8 Å². The zero-order valence-corrected chi connectivity index (χ0v) is 17.5. The molecule has 7 heteroatoms. The summed E-state index contributed by atoms with van der Waals surface area (Å²) in [5.41, 5.74) is 4.60. The molecule has 3 rings (SSSR count). The molecule has 0 aliphatic carbocycles. The molecule has 0 saturated carbocycles. The number of rotatable bonds is 4. The van der Waals surface area contributed by atoms with Crippen molar-refractivity contribution in [1.29, 1.82) is 0 Å². The predicted molar refractivity (Wildman–Crippen MR) is 111 cm³/mol. The molecule has 152 valence electrons. The Hall–Kier alpha value is -3.35. The van der Waals surface area contributed by atoms with Crippen LogP contribution >= 0.6 is 0 Å². The number of esters is 2. The number of anilines is 1. The lowest BCUT2D eigenvalue weighted by molar-refractivity contribution is -0.139. The third kappa shape index (κ3) is 3.44. The zero-order valence-electron chi connectivity index (χ0n) is 17.5. The van der Waals surface area contributed by atoms with Crippen LogP contribution in [0.2, 0.25) is 0 Å². The maximum absolute atomic E-state index is 12.8. The second-order valence-corrected chi connectivity index (χ2v) is 7.10. The molecule has 0 bridgehead atoms. The Morgan fingerprint density at radius 1 is 1.07 bits per heavy atom. The summed E-state index contributed by atoms with van der Waals surface area (Å²) in [5, 5.41) is 0. The third-order valence-electron chi connectivity index (χ3n) is 5.04. The van der Waals surface area contributed by atoms with Gasteiger partial charge in [0.05, 0.1) is 37.3 Å². The highest BCUT2D eigenvalue weighted by Gasteiger charge is 2.30. The van der Waals surface area contributed by atoms with Gasteiger partial charge in [-0.05, 0) is 57.0 Å². The van der Waals surface area contributed by atoms with E-state index in [4.69, 9.17) is 9.47 Å². The van der Waals surface area contributed by atoms with Crippen LogP contribution in [0.1, 0.15) is 31.0 Å². The van der Waals surface area contributed by atoms with Crippen LogP contribution in [0, 0.1) is 13.8 Å². The van der Waals surface area contributed by atoms with E-state index >= 15 is 0 Å². The first-order valence-corrected chi connectivity index (χ1v) is 9.33. The van der Waals surface area contributed by atoms with Gasteiger partial charge in [-0.2, -0.15) is 0 Å². The zero-order chi connectivity index (χ0) is 21.3. The molecule has 0 unspecified atom stereocenters. The first-order valence-electron chi connectivity index (χ1n) is 9.33. The number of methoxy groups -OCH3 is 2. The van der Waals surface area contributed by atoms with Crippen molar-refractivity contribution in [3.63, 3.8) is 0 Å². The van der Waals surface area contributed by atoms with E-state index in [-0.39, 0.29) is 17.3 Å². The maximum atomic E-state index is 12.8. The Morgan fingerprint density at radius 3 is 2.38 bits per heavy atom. The van der Waals surface area contributed by atoms with Crippen molar-refractivity contribution in [2.45, 2.75) is 33.7 Å². The largest absolute Gasteiger partial charge is 0.465 e. The fourth-order valence-corrected chi connectivity index (χ4v) is 3.42. The lowest BCUT2D eigenvalue weighted by atomic mass is 10.0. The van der Waals surface area contributed by atoms with Gasteiger partial charge in [-0.3, -0.25) is 0 Å². The second-order valence-electron chi connectivity index (χ2n) is 7.10. The molecule has 0 atom stereocenters. The van der Waals surface area contributed by atoms with Crippen molar-refractivity contribution < 1.29 is 19.1 Å². The summed E-state index contributed by atoms with van der Waals surface area (Å²) in [6.07, 6.45) is 8.51. The monoisotopic (exact) mass is 395 g/mol. The van der Waals surface area contributed by atoms with E-state index in [1.54, 1.807) is 35.7 Å². The SMILES string of the molecule is COC(=O)C1=C(C(=O)OC)N(c2c(C)c(C)cc3c2ncn3C(C)C)C=CC=C1. The lowest BCUT2D eigenvalue weighted by Gasteiger charge is -2.26. The van der Waals surface area contributed by atoms with Gasteiger partial charge in [0.15, 0.2) is 0 Å². The molecule has 1 aromatic heterocycles. The van der Waals surface area contributed by atoms with E-state index in [1.165, 1.54) is 14.2 Å². The highest BCUT2D eigenvalue weighted by atomic mass is 16.5. The molecule has 1 aliphatic rings. The molecule has 1 aromatic carbocycles. The number of imidazole rings is 1. The van der Waals surface area contributed by atoms with Gasteiger partial charge in [-0.25, -0.2) is 14.6 Å². The van der Waals surface area contributed by atoms with Crippen molar-refractivity contribution in [3.05, 3.63) is 59.2 Å². The molecular weight excluding hydrogens is 370 g/mol. The molecule has 29 heavy (non-hydrogen) atoms. The summed E-state index contributed by atoms with van der Waals surface area (Å²) >= 11 is 0. The number of aromatic nitrogens is 2. The molecular formula is C22H25N3O4. The summed E-state index contributed by atoms with van der Waals surface area (Å²) in [7, 11) is 2.56. The van der Waals surface area contributed by atoms with Crippen molar-refractivity contribution in [3.8, 4) is 0 Å². The maximum Gasteiger partial charge on any atom is 0.355 e. The van der Waals surface area contributed by atoms with E-state index in [9.17, 15) is 9.59 Å². The van der Waals surface area contributed by atoms with Crippen LogP contribution in [0.5, 0.6) is 0 Å². The van der Waals surface area contributed by atoms with Gasteiger partial charge in [-0.1, -0.05) is 6.08 Å². The minimum atomic E-state index is -0.640. The van der Waals surface area contributed by atoms with E-state index < -0.39 is 11.9 Å². The van der Waals surface area contributed by atoms with Crippen LogP contribution in [-0.2, 0) is 19.1 Å². The number of nitrogens with zero attached hydrogens (tertiary/aromatic N) is 3. The average Bonchev–Trinajstić information content (AvgIpc) is 2.99.